The highest BCUT2D eigenvalue weighted by Crippen LogP contribution is 2.04. The van der Waals surface area contributed by atoms with Crippen LogP contribution < -0.4 is 11.1 Å². The van der Waals surface area contributed by atoms with Crippen LogP contribution in [0.4, 0.5) is 4.39 Å². The lowest BCUT2D eigenvalue weighted by atomic mass is 10.1. The minimum Gasteiger partial charge on any atom is -0.329 e. The van der Waals surface area contributed by atoms with Crippen molar-refractivity contribution >= 4 is 0 Å². The van der Waals surface area contributed by atoms with Gasteiger partial charge in [-0.3, -0.25) is 0 Å². The molecule has 1 aromatic rings. The van der Waals surface area contributed by atoms with E-state index in [1.165, 1.54) is 12.1 Å². The van der Waals surface area contributed by atoms with Crippen LogP contribution in [0.25, 0.3) is 0 Å². The van der Waals surface area contributed by atoms with Crippen molar-refractivity contribution in [1.82, 2.24) is 5.32 Å². The van der Waals surface area contributed by atoms with Crippen LogP contribution in [0.1, 0.15) is 19.4 Å². The maximum atomic E-state index is 12.5. The zero-order valence-corrected chi connectivity index (χ0v) is 9.76. The molecule has 0 aliphatic heterocycles. The van der Waals surface area contributed by atoms with Gasteiger partial charge >= 0.3 is 0 Å². The number of hydrogen-bond donors (Lipinski definition) is 2. The van der Waals surface area contributed by atoms with E-state index in [1.54, 1.807) is 12.1 Å². The Morgan fingerprint density at radius 1 is 1.27 bits per heavy atom. The lowest BCUT2D eigenvalue weighted by Crippen LogP contribution is -2.35. The van der Waals surface area contributed by atoms with Crippen molar-refractivity contribution in [3.63, 3.8) is 0 Å². The van der Waals surface area contributed by atoms with Crippen LogP contribution in [0.15, 0.2) is 24.3 Å². The van der Waals surface area contributed by atoms with Gasteiger partial charge in [0, 0.05) is 12.6 Å². The van der Waals surface area contributed by atoms with E-state index in [2.05, 4.69) is 5.32 Å². The molecular formula is C12H21FN2. The van der Waals surface area contributed by atoms with E-state index in [0.29, 0.717) is 6.54 Å². The Morgan fingerprint density at radius 3 is 2.20 bits per heavy atom. The van der Waals surface area contributed by atoms with Crippen molar-refractivity contribution in [3.05, 3.63) is 35.6 Å². The SMILES string of the molecule is CC.CNC(CN)Cc1ccc(F)cc1. The fraction of sp³-hybridized carbons (Fsp3) is 0.500. The minimum absolute atomic E-state index is 0.197. The molecule has 3 N–H and O–H groups in total. The third-order valence-electron chi connectivity index (χ3n) is 2.09. The van der Waals surface area contributed by atoms with Crippen molar-refractivity contribution in [2.24, 2.45) is 5.73 Å². The molecule has 0 radical (unpaired) electrons. The number of nitrogens with one attached hydrogen (secondary N) is 1. The summed E-state index contributed by atoms with van der Waals surface area (Å²) in [5.74, 6) is -0.197. The molecule has 1 unspecified atom stereocenters. The molecule has 0 spiro atoms. The summed E-state index contributed by atoms with van der Waals surface area (Å²) in [4.78, 5) is 0. The molecule has 3 heteroatoms. The molecule has 0 aliphatic rings. The molecule has 0 bridgehead atoms. The van der Waals surface area contributed by atoms with Crippen LogP contribution in [0, 0.1) is 5.82 Å². The Morgan fingerprint density at radius 2 is 1.80 bits per heavy atom. The van der Waals surface area contributed by atoms with E-state index in [-0.39, 0.29) is 11.9 Å². The highest BCUT2D eigenvalue weighted by molar-refractivity contribution is 5.17. The molecule has 2 nitrogen and oxygen atoms in total. The lowest BCUT2D eigenvalue weighted by Gasteiger charge is -2.13. The fourth-order valence-corrected chi connectivity index (χ4v) is 1.21. The van der Waals surface area contributed by atoms with Crippen LogP contribution >= 0.6 is 0 Å². The molecule has 0 amide bonds. The van der Waals surface area contributed by atoms with Crippen molar-refractivity contribution in [2.75, 3.05) is 13.6 Å². The maximum absolute atomic E-state index is 12.5. The first kappa shape index (κ1) is 14.1. The van der Waals surface area contributed by atoms with Gasteiger partial charge in [0.2, 0.25) is 0 Å². The van der Waals surface area contributed by atoms with Gasteiger partial charge in [-0.05, 0) is 31.2 Å². The molecule has 1 aromatic carbocycles. The van der Waals surface area contributed by atoms with Crippen molar-refractivity contribution in [1.29, 1.82) is 0 Å². The van der Waals surface area contributed by atoms with E-state index in [1.807, 2.05) is 20.9 Å². The van der Waals surface area contributed by atoms with Crippen molar-refractivity contribution < 1.29 is 4.39 Å². The third-order valence-corrected chi connectivity index (χ3v) is 2.09. The second-order valence-corrected chi connectivity index (χ2v) is 3.05. The van der Waals surface area contributed by atoms with Crippen LogP contribution in [-0.4, -0.2) is 19.6 Å². The number of hydrogen-bond acceptors (Lipinski definition) is 2. The van der Waals surface area contributed by atoms with E-state index >= 15 is 0 Å². The topological polar surface area (TPSA) is 38.0 Å². The zero-order chi connectivity index (χ0) is 11.7. The number of likely N-dealkylation sites (N-methyl/N-ethyl adjacent to an activating group) is 1. The Balaban J connectivity index is 0.000000921. The molecule has 0 aliphatic carbocycles. The smallest absolute Gasteiger partial charge is 0.123 e. The summed E-state index contributed by atoms with van der Waals surface area (Å²) in [6, 6.07) is 6.78. The maximum Gasteiger partial charge on any atom is 0.123 e. The van der Waals surface area contributed by atoms with Gasteiger partial charge in [0.15, 0.2) is 0 Å². The predicted molar refractivity (Wildman–Crippen MR) is 63.4 cm³/mol. The minimum atomic E-state index is -0.197. The van der Waals surface area contributed by atoms with Gasteiger partial charge in [0.05, 0.1) is 0 Å². The molecule has 0 saturated carbocycles. The highest BCUT2D eigenvalue weighted by atomic mass is 19.1. The molecule has 1 atom stereocenters. The quantitative estimate of drug-likeness (QED) is 0.800. The second kappa shape index (κ2) is 8.38. The van der Waals surface area contributed by atoms with Gasteiger partial charge in [0.25, 0.3) is 0 Å². The standard InChI is InChI=1S/C10H15FN2.C2H6/c1-13-10(7-12)6-8-2-4-9(11)5-3-8;1-2/h2-5,10,13H,6-7,12H2,1H3;1-2H3. The summed E-state index contributed by atoms with van der Waals surface area (Å²) < 4.78 is 12.5. The molecule has 86 valence electrons. The number of rotatable bonds is 4. The Bertz CT molecular complexity index is 242. The number of benzene rings is 1. The molecule has 0 fully saturated rings. The normalized spacial score (nSPS) is 11.5. The average molecular weight is 212 g/mol. The van der Waals surface area contributed by atoms with E-state index < -0.39 is 0 Å². The highest BCUT2D eigenvalue weighted by Gasteiger charge is 2.03. The average Bonchev–Trinajstić information content (AvgIpc) is 2.31. The largest absolute Gasteiger partial charge is 0.329 e. The van der Waals surface area contributed by atoms with Gasteiger partial charge in [-0.25, -0.2) is 4.39 Å². The number of halogens is 1. The predicted octanol–water partition coefficient (Wildman–Crippen LogP) is 1.94. The van der Waals surface area contributed by atoms with Crippen LogP contribution in [0.3, 0.4) is 0 Å². The summed E-state index contributed by atoms with van der Waals surface area (Å²) >= 11 is 0. The zero-order valence-electron chi connectivity index (χ0n) is 9.76. The van der Waals surface area contributed by atoms with Crippen LogP contribution in [0.5, 0.6) is 0 Å². The van der Waals surface area contributed by atoms with Gasteiger partial charge in [-0.1, -0.05) is 26.0 Å². The summed E-state index contributed by atoms with van der Waals surface area (Å²) in [6.45, 7) is 4.59. The first-order valence-corrected chi connectivity index (χ1v) is 5.38. The second-order valence-electron chi connectivity index (χ2n) is 3.05. The molecule has 15 heavy (non-hydrogen) atoms. The molecule has 0 saturated heterocycles. The summed E-state index contributed by atoms with van der Waals surface area (Å²) in [6.07, 6.45) is 0.841. The Labute approximate surface area is 91.7 Å². The van der Waals surface area contributed by atoms with Gasteiger partial charge < -0.3 is 11.1 Å². The first-order chi connectivity index (χ1) is 7.26. The molecule has 0 heterocycles. The van der Waals surface area contributed by atoms with E-state index in [4.69, 9.17) is 5.73 Å². The van der Waals surface area contributed by atoms with Crippen molar-refractivity contribution in [2.45, 2.75) is 26.3 Å². The fourth-order valence-electron chi connectivity index (χ4n) is 1.21. The summed E-state index contributed by atoms with van der Waals surface area (Å²) in [5, 5.41) is 3.10. The Hall–Kier alpha value is -0.930. The van der Waals surface area contributed by atoms with E-state index in [9.17, 15) is 4.39 Å². The Kier molecular flexibility index (Phi) is 7.86. The third kappa shape index (κ3) is 5.50. The van der Waals surface area contributed by atoms with Crippen molar-refractivity contribution in [3.8, 4) is 0 Å². The monoisotopic (exact) mass is 212 g/mol. The molecular weight excluding hydrogens is 191 g/mol. The summed E-state index contributed by atoms with van der Waals surface area (Å²) in [5.41, 5.74) is 6.63. The lowest BCUT2D eigenvalue weighted by molar-refractivity contribution is 0.567. The summed E-state index contributed by atoms with van der Waals surface area (Å²) in [7, 11) is 1.88. The molecule has 0 aromatic heterocycles. The van der Waals surface area contributed by atoms with Crippen LogP contribution in [0.2, 0.25) is 0 Å². The van der Waals surface area contributed by atoms with Crippen LogP contribution in [-0.2, 0) is 6.42 Å². The number of nitrogens with two attached hydrogens (primary N) is 1. The van der Waals surface area contributed by atoms with Gasteiger partial charge in [-0.15, -0.1) is 0 Å². The molecule has 1 rings (SSSR count). The van der Waals surface area contributed by atoms with Gasteiger partial charge in [-0.2, -0.15) is 0 Å². The van der Waals surface area contributed by atoms with E-state index in [0.717, 1.165) is 12.0 Å². The first-order valence-electron chi connectivity index (χ1n) is 5.38. The van der Waals surface area contributed by atoms with Gasteiger partial charge in [0.1, 0.15) is 5.82 Å².